The summed E-state index contributed by atoms with van der Waals surface area (Å²) in [5, 5.41) is 5.07. The molecule has 0 bridgehead atoms. The van der Waals surface area contributed by atoms with Gasteiger partial charge in [-0.2, -0.15) is 4.31 Å². The Morgan fingerprint density at radius 2 is 1.92 bits per heavy atom. The van der Waals surface area contributed by atoms with E-state index in [0.29, 0.717) is 18.7 Å². The van der Waals surface area contributed by atoms with E-state index in [1.165, 1.54) is 10.4 Å². The van der Waals surface area contributed by atoms with Crippen LogP contribution in [0.5, 0.6) is 0 Å². The van der Waals surface area contributed by atoms with Crippen molar-refractivity contribution < 1.29 is 22.0 Å². The third-order valence-electron chi connectivity index (χ3n) is 4.78. The Morgan fingerprint density at radius 1 is 1.23 bits per heavy atom. The number of nitrogens with one attached hydrogen (secondary N) is 2. The van der Waals surface area contributed by atoms with Gasteiger partial charge in [-0.3, -0.25) is 10.1 Å². The number of amides is 1. The fourth-order valence-electron chi connectivity index (χ4n) is 3.35. The minimum Gasteiger partial charge on any atom is -0.351 e. The molecule has 0 spiro atoms. The van der Waals surface area contributed by atoms with Gasteiger partial charge in [0, 0.05) is 26.1 Å². The van der Waals surface area contributed by atoms with E-state index in [9.17, 15) is 22.0 Å². The summed E-state index contributed by atoms with van der Waals surface area (Å²) in [5.41, 5.74) is 0.455. The summed E-state index contributed by atoms with van der Waals surface area (Å²) >= 11 is 0. The highest BCUT2D eigenvalue weighted by atomic mass is 32.2. The lowest BCUT2D eigenvalue weighted by Gasteiger charge is -2.27. The van der Waals surface area contributed by atoms with Crippen LogP contribution in [0.1, 0.15) is 31.2 Å². The molecule has 3 rings (SSSR count). The van der Waals surface area contributed by atoms with E-state index in [2.05, 4.69) is 10.6 Å². The van der Waals surface area contributed by atoms with Crippen LogP contribution >= 0.6 is 0 Å². The van der Waals surface area contributed by atoms with Crippen molar-refractivity contribution in [1.29, 1.82) is 0 Å². The molecule has 2 N–H and O–H groups in total. The summed E-state index contributed by atoms with van der Waals surface area (Å²) in [6.45, 7) is 0.436. The van der Waals surface area contributed by atoms with E-state index in [0.717, 1.165) is 19.3 Å². The van der Waals surface area contributed by atoms with E-state index in [4.69, 9.17) is 0 Å². The Morgan fingerprint density at radius 3 is 2.58 bits per heavy atom. The van der Waals surface area contributed by atoms with Crippen LogP contribution in [0, 0.1) is 0 Å². The number of alkyl halides is 2. The molecule has 2 aliphatic heterocycles. The third kappa shape index (κ3) is 4.21. The Hall–Kier alpha value is -1.58. The molecular weight excluding hydrogens is 364 g/mol. The number of benzene rings is 1. The maximum Gasteiger partial charge on any atom is 0.262 e. The van der Waals surface area contributed by atoms with Crippen molar-refractivity contribution in [3.63, 3.8) is 0 Å². The van der Waals surface area contributed by atoms with Gasteiger partial charge in [-0.1, -0.05) is 24.6 Å². The number of halogens is 2. The predicted octanol–water partition coefficient (Wildman–Crippen LogP) is 1.47. The van der Waals surface area contributed by atoms with Crippen molar-refractivity contribution in [2.45, 2.75) is 49.1 Å². The van der Waals surface area contributed by atoms with Gasteiger partial charge in [0.05, 0.1) is 17.5 Å². The van der Waals surface area contributed by atoms with Crippen molar-refractivity contribution in [1.82, 2.24) is 14.9 Å². The standard InChI is InChI=1S/C17H23F2N3O3S/c18-17(19)10-14(21-12-17)16(23)20-11-13-6-2-3-7-15(13)26(24,25)22-8-4-1-5-9-22/h2-3,6-7,14,21H,1,4-5,8-12H2,(H,20,23). The lowest BCUT2D eigenvalue weighted by Crippen LogP contribution is -2.40. The molecule has 1 unspecified atom stereocenters. The van der Waals surface area contributed by atoms with Gasteiger partial charge >= 0.3 is 0 Å². The second-order valence-corrected chi connectivity index (χ2v) is 8.69. The summed E-state index contributed by atoms with van der Waals surface area (Å²) in [5.74, 6) is -3.44. The normalized spacial score (nSPS) is 23.7. The van der Waals surface area contributed by atoms with Crippen LogP contribution in [0.3, 0.4) is 0 Å². The molecule has 1 atom stereocenters. The Balaban J connectivity index is 1.70. The van der Waals surface area contributed by atoms with Crippen LogP contribution in [0.25, 0.3) is 0 Å². The zero-order valence-electron chi connectivity index (χ0n) is 14.4. The van der Waals surface area contributed by atoms with Crippen LogP contribution in [0.2, 0.25) is 0 Å². The molecule has 1 aromatic carbocycles. The topological polar surface area (TPSA) is 78.5 Å². The Kier molecular flexibility index (Phi) is 5.59. The molecule has 2 aliphatic rings. The van der Waals surface area contributed by atoms with E-state index in [1.807, 2.05) is 0 Å². The quantitative estimate of drug-likeness (QED) is 0.802. The first-order valence-electron chi connectivity index (χ1n) is 8.77. The first kappa shape index (κ1) is 19.2. The SMILES string of the molecule is O=C(NCc1ccccc1S(=O)(=O)N1CCCCC1)C1CC(F)(F)CN1. The van der Waals surface area contributed by atoms with Gasteiger partial charge in [0.25, 0.3) is 5.92 Å². The zero-order valence-corrected chi connectivity index (χ0v) is 15.2. The van der Waals surface area contributed by atoms with Crippen LogP contribution in [0.15, 0.2) is 29.2 Å². The summed E-state index contributed by atoms with van der Waals surface area (Å²) < 4.78 is 53.7. The van der Waals surface area contributed by atoms with Crippen molar-refractivity contribution in [2.24, 2.45) is 0 Å². The average molecular weight is 387 g/mol. The Labute approximate surface area is 152 Å². The van der Waals surface area contributed by atoms with Gasteiger partial charge in [-0.15, -0.1) is 0 Å². The third-order valence-corrected chi connectivity index (χ3v) is 6.78. The largest absolute Gasteiger partial charge is 0.351 e. The molecule has 2 fully saturated rings. The summed E-state index contributed by atoms with van der Waals surface area (Å²) in [7, 11) is -3.63. The minimum atomic E-state index is -3.63. The van der Waals surface area contributed by atoms with E-state index >= 15 is 0 Å². The number of piperidine rings is 1. The molecule has 0 saturated carbocycles. The second kappa shape index (κ2) is 7.58. The first-order chi connectivity index (χ1) is 12.3. The highest BCUT2D eigenvalue weighted by Gasteiger charge is 2.42. The second-order valence-electron chi connectivity index (χ2n) is 6.78. The number of hydrogen-bond donors (Lipinski definition) is 2. The molecule has 0 radical (unpaired) electrons. The van der Waals surface area contributed by atoms with Gasteiger partial charge in [0.1, 0.15) is 0 Å². The number of carbonyl (C=O) groups is 1. The van der Waals surface area contributed by atoms with E-state index in [1.54, 1.807) is 18.2 Å². The molecule has 1 amide bonds. The van der Waals surface area contributed by atoms with Crippen LogP contribution in [-0.4, -0.2) is 50.2 Å². The summed E-state index contributed by atoms with van der Waals surface area (Å²) in [6.07, 6.45) is 2.13. The van der Waals surface area contributed by atoms with Gasteiger partial charge < -0.3 is 5.32 Å². The molecule has 26 heavy (non-hydrogen) atoms. The Bertz CT molecular complexity index is 764. The monoisotopic (exact) mass is 387 g/mol. The van der Waals surface area contributed by atoms with Crippen molar-refractivity contribution in [3.05, 3.63) is 29.8 Å². The van der Waals surface area contributed by atoms with Crippen molar-refractivity contribution in [2.75, 3.05) is 19.6 Å². The summed E-state index contributed by atoms with van der Waals surface area (Å²) in [6, 6.07) is 5.53. The van der Waals surface area contributed by atoms with E-state index in [-0.39, 0.29) is 11.4 Å². The molecule has 2 saturated heterocycles. The number of hydrogen-bond acceptors (Lipinski definition) is 4. The number of nitrogens with zero attached hydrogens (tertiary/aromatic N) is 1. The number of rotatable bonds is 5. The minimum absolute atomic E-state index is 0.0220. The lowest BCUT2D eigenvalue weighted by molar-refractivity contribution is -0.123. The molecule has 6 nitrogen and oxygen atoms in total. The maximum absolute atomic E-state index is 13.2. The molecule has 2 heterocycles. The maximum atomic E-state index is 13.2. The lowest BCUT2D eigenvalue weighted by atomic mass is 10.1. The predicted molar refractivity (Wildman–Crippen MR) is 92.3 cm³/mol. The molecule has 0 aliphatic carbocycles. The van der Waals surface area contributed by atoms with Crippen LogP contribution < -0.4 is 10.6 Å². The average Bonchev–Trinajstić information content (AvgIpc) is 3.00. The molecule has 1 aromatic rings. The fraction of sp³-hybridized carbons (Fsp3) is 0.588. The summed E-state index contributed by atoms with van der Waals surface area (Å²) in [4.78, 5) is 12.3. The highest BCUT2D eigenvalue weighted by Crippen LogP contribution is 2.26. The molecule has 0 aromatic heterocycles. The fourth-order valence-corrected chi connectivity index (χ4v) is 5.09. The smallest absolute Gasteiger partial charge is 0.262 e. The molecule has 9 heteroatoms. The highest BCUT2D eigenvalue weighted by molar-refractivity contribution is 7.89. The first-order valence-corrected chi connectivity index (χ1v) is 10.2. The number of sulfonamides is 1. The van der Waals surface area contributed by atoms with Gasteiger partial charge in [0.15, 0.2) is 0 Å². The van der Waals surface area contributed by atoms with Crippen molar-refractivity contribution in [3.8, 4) is 0 Å². The number of carbonyl (C=O) groups excluding carboxylic acids is 1. The van der Waals surface area contributed by atoms with Crippen LogP contribution in [0.4, 0.5) is 8.78 Å². The van der Waals surface area contributed by atoms with Crippen LogP contribution in [-0.2, 0) is 21.4 Å². The van der Waals surface area contributed by atoms with E-state index < -0.39 is 40.9 Å². The van der Waals surface area contributed by atoms with Crippen molar-refractivity contribution >= 4 is 15.9 Å². The van der Waals surface area contributed by atoms with Gasteiger partial charge in [0.2, 0.25) is 15.9 Å². The molecule has 144 valence electrons. The zero-order chi connectivity index (χ0) is 18.8. The van der Waals surface area contributed by atoms with Gasteiger partial charge in [-0.25, -0.2) is 17.2 Å². The van der Waals surface area contributed by atoms with Gasteiger partial charge in [-0.05, 0) is 24.5 Å². The molecular formula is C17H23F2N3O3S.